The largest absolute Gasteiger partial charge is 0.497 e. The van der Waals surface area contributed by atoms with E-state index in [0.29, 0.717) is 28.7 Å². The Kier molecular flexibility index (Phi) is 5.74. The third-order valence-electron chi connectivity index (χ3n) is 4.58. The number of aromatic nitrogens is 4. The minimum absolute atomic E-state index is 0.139. The highest BCUT2D eigenvalue weighted by molar-refractivity contribution is 5.77. The number of nitrogens with one attached hydrogen (secondary N) is 1. The molecule has 0 aliphatic carbocycles. The van der Waals surface area contributed by atoms with Crippen LogP contribution in [0.1, 0.15) is 18.8 Å². The van der Waals surface area contributed by atoms with Crippen LogP contribution in [-0.4, -0.2) is 39.2 Å². The predicted molar refractivity (Wildman–Crippen MR) is 111 cm³/mol. The number of methoxy groups -OCH3 is 1. The van der Waals surface area contributed by atoms with Crippen molar-refractivity contribution in [1.82, 2.24) is 24.9 Å². The van der Waals surface area contributed by atoms with Crippen LogP contribution in [0.2, 0.25) is 0 Å². The first-order valence-corrected chi connectivity index (χ1v) is 9.56. The molecule has 0 spiro atoms. The summed E-state index contributed by atoms with van der Waals surface area (Å²) in [6.45, 7) is 1.65. The van der Waals surface area contributed by atoms with E-state index in [1.807, 2.05) is 0 Å². The van der Waals surface area contributed by atoms with E-state index < -0.39 is 6.04 Å². The fourth-order valence-electron chi connectivity index (χ4n) is 2.94. The predicted octanol–water partition coefficient (Wildman–Crippen LogP) is 3.20. The fourth-order valence-corrected chi connectivity index (χ4v) is 2.94. The quantitative estimate of drug-likeness (QED) is 0.493. The van der Waals surface area contributed by atoms with Crippen molar-refractivity contribution >= 4 is 11.6 Å². The Labute approximate surface area is 177 Å². The maximum absolute atomic E-state index is 13.1. The van der Waals surface area contributed by atoms with Crippen LogP contribution in [0.4, 0.5) is 4.39 Å². The summed E-state index contributed by atoms with van der Waals surface area (Å²) >= 11 is 0. The summed E-state index contributed by atoms with van der Waals surface area (Å²) in [5.74, 6) is 1.10. The minimum atomic E-state index is -0.430. The summed E-state index contributed by atoms with van der Waals surface area (Å²) in [5.41, 5.74) is 1.99. The number of hydrogen-bond acceptors (Lipinski definition) is 6. The molecule has 0 saturated heterocycles. The van der Waals surface area contributed by atoms with Gasteiger partial charge in [-0.25, -0.2) is 18.9 Å². The van der Waals surface area contributed by atoms with Crippen LogP contribution in [0.15, 0.2) is 60.9 Å². The van der Waals surface area contributed by atoms with E-state index in [4.69, 9.17) is 9.47 Å². The van der Waals surface area contributed by atoms with Gasteiger partial charge in [0.2, 0.25) is 0 Å². The number of fused-ring (bicyclic) bond motifs is 1. The SMILES string of the molecule is COc1ccc(OCC(=O)N[C@@H](C)c2nc3cc(-c4ccc(F)cc4)ncn3n2)cc1. The van der Waals surface area contributed by atoms with E-state index in [1.165, 1.54) is 23.0 Å². The van der Waals surface area contributed by atoms with Gasteiger partial charge in [-0.05, 0) is 55.5 Å². The van der Waals surface area contributed by atoms with Crippen LogP contribution in [0.5, 0.6) is 11.5 Å². The molecule has 0 aliphatic heterocycles. The molecule has 8 nitrogen and oxygen atoms in total. The van der Waals surface area contributed by atoms with Gasteiger partial charge in [-0.3, -0.25) is 4.79 Å². The average Bonchev–Trinajstić information content (AvgIpc) is 3.22. The molecule has 0 aliphatic rings. The summed E-state index contributed by atoms with van der Waals surface area (Å²) in [7, 11) is 1.58. The van der Waals surface area contributed by atoms with E-state index >= 15 is 0 Å². The lowest BCUT2D eigenvalue weighted by molar-refractivity contribution is -0.123. The van der Waals surface area contributed by atoms with E-state index in [0.717, 1.165) is 5.56 Å². The van der Waals surface area contributed by atoms with Gasteiger partial charge in [0.1, 0.15) is 23.6 Å². The molecular weight excluding hydrogens is 401 g/mol. The Morgan fingerprint density at radius 1 is 1.13 bits per heavy atom. The van der Waals surface area contributed by atoms with Crippen molar-refractivity contribution in [2.24, 2.45) is 0 Å². The molecule has 0 unspecified atom stereocenters. The summed E-state index contributed by atoms with van der Waals surface area (Å²) < 4.78 is 25.2. The van der Waals surface area contributed by atoms with Gasteiger partial charge in [-0.1, -0.05) is 0 Å². The zero-order valence-electron chi connectivity index (χ0n) is 16.9. The number of carbonyl (C=O) groups is 1. The second kappa shape index (κ2) is 8.78. The first-order chi connectivity index (χ1) is 15.0. The Morgan fingerprint density at radius 2 is 1.84 bits per heavy atom. The van der Waals surface area contributed by atoms with Crippen LogP contribution < -0.4 is 14.8 Å². The molecule has 31 heavy (non-hydrogen) atoms. The van der Waals surface area contributed by atoms with Crippen LogP contribution in [-0.2, 0) is 4.79 Å². The number of rotatable bonds is 7. The molecule has 0 bridgehead atoms. The van der Waals surface area contributed by atoms with Crippen molar-refractivity contribution < 1.29 is 18.7 Å². The van der Waals surface area contributed by atoms with E-state index in [-0.39, 0.29) is 18.3 Å². The van der Waals surface area contributed by atoms with E-state index in [1.54, 1.807) is 56.5 Å². The second-order valence-electron chi connectivity index (χ2n) is 6.81. The molecule has 1 amide bonds. The average molecular weight is 421 g/mol. The van der Waals surface area contributed by atoms with Crippen molar-refractivity contribution in [3.63, 3.8) is 0 Å². The van der Waals surface area contributed by atoms with Gasteiger partial charge in [0, 0.05) is 11.6 Å². The fraction of sp³-hybridized carbons (Fsp3) is 0.182. The van der Waals surface area contributed by atoms with Crippen molar-refractivity contribution in [2.75, 3.05) is 13.7 Å². The van der Waals surface area contributed by atoms with Gasteiger partial charge in [0.15, 0.2) is 18.1 Å². The molecule has 2 heterocycles. The number of benzene rings is 2. The number of amides is 1. The second-order valence-corrected chi connectivity index (χ2v) is 6.81. The topological polar surface area (TPSA) is 90.6 Å². The molecule has 1 atom stereocenters. The molecule has 4 aromatic rings. The molecule has 2 aromatic carbocycles. The molecule has 1 N–H and O–H groups in total. The molecule has 0 saturated carbocycles. The van der Waals surface area contributed by atoms with Gasteiger partial charge in [-0.2, -0.15) is 0 Å². The number of nitrogens with zero attached hydrogens (tertiary/aromatic N) is 4. The van der Waals surface area contributed by atoms with E-state index in [9.17, 15) is 9.18 Å². The van der Waals surface area contributed by atoms with Crippen LogP contribution in [0.3, 0.4) is 0 Å². The van der Waals surface area contributed by atoms with Crippen LogP contribution in [0.25, 0.3) is 16.9 Å². The maximum Gasteiger partial charge on any atom is 0.258 e. The van der Waals surface area contributed by atoms with Crippen LogP contribution in [0, 0.1) is 5.82 Å². The van der Waals surface area contributed by atoms with Crippen molar-refractivity contribution in [1.29, 1.82) is 0 Å². The highest BCUT2D eigenvalue weighted by atomic mass is 19.1. The molecule has 2 aromatic heterocycles. The van der Waals surface area contributed by atoms with Gasteiger partial charge in [0.25, 0.3) is 5.91 Å². The van der Waals surface area contributed by atoms with Crippen molar-refractivity contribution in [2.45, 2.75) is 13.0 Å². The Hall–Kier alpha value is -4.01. The smallest absolute Gasteiger partial charge is 0.258 e. The summed E-state index contributed by atoms with van der Waals surface area (Å²) in [5, 5.41) is 7.18. The Balaban J connectivity index is 1.40. The highest BCUT2D eigenvalue weighted by Crippen LogP contribution is 2.19. The monoisotopic (exact) mass is 421 g/mol. The number of halogens is 1. The molecule has 9 heteroatoms. The van der Waals surface area contributed by atoms with Gasteiger partial charge in [0.05, 0.1) is 18.8 Å². The van der Waals surface area contributed by atoms with Gasteiger partial charge < -0.3 is 14.8 Å². The Morgan fingerprint density at radius 3 is 2.55 bits per heavy atom. The molecular formula is C22H20FN5O3. The van der Waals surface area contributed by atoms with Crippen LogP contribution >= 0.6 is 0 Å². The lowest BCUT2D eigenvalue weighted by Gasteiger charge is -2.11. The molecule has 0 radical (unpaired) electrons. The Bertz CT molecular complexity index is 1190. The highest BCUT2D eigenvalue weighted by Gasteiger charge is 2.16. The number of carbonyl (C=O) groups excluding carboxylic acids is 1. The van der Waals surface area contributed by atoms with Crippen molar-refractivity contribution in [3.05, 3.63) is 72.6 Å². The van der Waals surface area contributed by atoms with Gasteiger partial charge in [-0.15, -0.1) is 5.10 Å². The number of ether oxygens (including phenoxy) is 2. The summed E-state index contributed by atoms with van der Waals surface area (Å²) in [6.07, 6.45) is 1.53. The lowest BCUT2D eigenvalue weighted by Crippen LogP contribution is -2.31. The normalized spacial score (nSPS) is 11.8. The third kappa shape index (κ3) is 4.77. The molecule has 0 fully saturated rings. The molecule has 4 rings (SSSR count). The van der Waals surface area contributed by atoms with E-state index in [2.05, 4.69) is 20.4 Å². The minimum Gasteiger partial charge on any atom is -0.497 e. The first kappa shape index (κ1) is 20.3. The lowest BCUT2D eigenvalue weighted by atomic mass is 10.1. The first-order valence-electron chi connectivity index (χ1n) is 9.56. The molecule has 158 valence electrons. The maximum atomic E-state index is 13.1. The standard InChI is InChI=1S/C22H20FN5O3/c1-14(25-21(29)12-31-18-9-7-17(30-2)8-10-18)22-26-20-11-19(24-13-28(20)27-22)15-3-5-16(23)6-4-15/h3-11,13-14H,12H2,1-2H3,(H,25,29)/t14-/m0/s1. The van der Waals surface area contributed by atoms with Crippen molar-refractivity contribution in [3.8, 4) is 22.8 Å². The zero-order valence-corrected chi connectivity index (χ0v) is 16.9. The number of hydrogen-bond donors (Lipinski definition) is 1. The summed E-state index contributed by atoms with van der Waals surface area (Å²) in [4.78, 5) is 21.1. The van der Waals surface area contributed by atoms with Gasteiger partial charge >= 0.3 is 0 Å². The summed E-state index contributed by atoms with van der Waals surface area (Å²) in [6, 6.07) is 14.3. The third-order valence-corrected chi connectivity index (χ3v) is 4.58. The zero-order chi connectivity index (χ0) is 21.8.